The van der Waals surface area contributed by atoms with Crippen molar-refractivity contribution in [2.45, 2.75) is 18.5 Å². The van der Waals surface area contributed by atoms with Crippen molar-refractivity contribution in [3.8, 4) is 0 Å². The lowest BCUT2D eigenvalue weighted by Gasteiger charge is -2.25. The number of hydrogen-bond donors (Lipinski definition) is 2. The Kier molecular flexibility index (Phi) is 11.1. The summed E-state index contributed by atoms with van der Waals surface area (Å²) in [6.45, 7) is 0.540. The highest BCUT2D eigenvalue weighted by molar-refractivity contribution is 5.85. The van der Waals surface area contributed by atoms with Crippen molar-refractivity contribution in [3.05, 3.63) is 71.8 Å². The van der Waals surface area contributed by atoms with Gasteiger partial charge in [-0.3, -0.25) is 4.79 Å². The Balaban J connectivity index is 0.00000288. The van der Waals surface area contributed by atoms with Gasteiger partial charge in [0.25, 0.3) is 0 Å². The molecule has 0 aliphatic rings. The summed E-state index contributed by atoms with van der Waals surface area (Å²) in [5.41, 5.74) is 8.27. The van der Waals surface area contributed by atoms with Gasteiger partial charge in [-0.15, -0.1) is 24.8 Å². The number of nitrogens with two attached hydrogens (primary N) is 1. The molecular weight excluding hydrogens is 357 g/mol. The van der Waals surface area contributed by atoms with Crippen LogP contribution in [0.3, 0.4) is 0 Å². The Labute approximate surface area is 162 Å². The van der Waals surface area contributed by atoms with Crippen molar-refractivity contribution in [2.24, 2.45) is 5.73 Å². The van der Waals surface area contributed by atoms with Gasteiger partial charge in [0.05, 0.1) is 12.1 Å². The zero-order valence-corrected chi connectivity index (χ0v) is 16.2. The van der Waals surface area contributed by atoms with Crippen LogP contribution in [-0.2, 0) is 11.2 Å². The number of halogens is 2. The Morgan fingerprint density at radius 2 is 1.52 bits per heavy atom. The maximum Gasteiger partial charge on any atom is 0.237 e. The van der Waals surface area contributed by atoms with Gasteiger partial charge in [0.15, 0.2) is 0 Å². The minimum atomic E-state index is -0.531. The molecule has 2 atom stereocenters. The zero-order valence-electron chi connectivity index (χ0n) is 14.6. The summed E-state index contributed by atoms with van der Waals surface area (Å²) < 4.78 is 0. The molecule has 4 nitrogen and oxygen atoms in total. The number of benzene rings is 2. The van der Waals surface area contributed by atoms with Gasteiger partial charge in [-0.1, -0.05) is 60.7 Å². The van der Waals surface area contributed by atoms with Gasteiger partial charge < -0.3 is 16.0 Å². The summed E-state index contributed by atoms with van der Waals surface area (Å²) in [4.78, 5) is 14.3. The van der Waals surface area contributed by atoms with Crippen LogP contribution in [0.2, 0.25) is 0 Å². The van der Waals surface area contributed by atoms with E-state index in [1.54, 1.807) is 0 Å². The van der Waals surface area contributed by atoms with E-state index in [4.69, 9.17) is 5.73 Å². The molecule has 25 heavy (non-hydrogen) atoms. The molecule has 0 aliphatic carbocycles. The van der Waals surface area contributed by atoms with Gasteiger partial charge in [-0.05, 0) is 31.6 Å². The van der Waals surface area contributed by atoms with Gasteiger partial charge in [0.1, 0.15) is 0 Å². The third-order valence-electron chi connectivity index (χ3n) is 3.91. The first kappa shape index (κ1) is 23.4. The lowest BCUT2D eigenvalue weighted by atomic mass is 10.0. The van der Waals surface area contributed by atoms with Crippen LogP contribution in [0.15, 0.2) is 60.7 Å². The molecule has 2 aromatic rings. The molecule has 0 saturated heterocycles. The number of hydrogen-bond acceptors (Lipinski definition) is 3. The summed E-state index contributed by atoms with van der Waals surface area (Å²) in [6, 6.07) is 19.6. The highest BCUT2D eigenvalue weighted by Gasteiger charge is 2.18. The molecule has 6 heteroatoms. The van der Waals surface area contributed by atoms with Crippen molar-refractivity contribution < 1.29 is 4.79 Å². The Morgan fingerprint density at radius 1 is 1.00 bits per heavy atom. The monoisotopic (exact) mass is 383 g/mol. The molecule has 0 radical (unpaired) electrons. The van der Waals surface area contributed by atoms with Gasteiger partial charge in [0, 0.05) is 6.54 Å². The molecule has 0 spiro atoms. The van der Waals surface area contributed by atoms with E-state index in [1.165, 1.54) is 5.56 Å². The fraction of sp³-hybridized carbons (Fsp3) is 0.316. The summed E-state index contributed by atoms with van der Waals surface area (Å²) in [6.07, 6.45) is 0.546. The van der Waals surface area contributed by atoms with Crippen LogP contribution in [0.4, 0.5) is 0 Å². The topological polar surface area (TPSA) is 58.4 Å². The second-order valence-corrected chi connectivity index (χ2v) is 5.93. The van der Waals surface area contributed by atoms with Crippen molar-refractivity contribution in [3.63, 3.8) is 0 Å². The predicted octanol–water partition coefficient (Wildman–Crippen LogP) is 2.82. The molecule has 2 unspecified atom stereocenters. The van der Waals surface area contributed by atoms with Crippen molar-refractivity contribution in [1.82, 2.24) is 10.2 Å². The SMILES string of the molecule is CN(C)C(CNC(=O)C(N)Cc1ccccc1)c1ccccc1.Cl.Cl. The summed E-state index contributed by atoms with van der Waals surface area (Å²) in [5, 5.41) is 2.98. The van der Waals surface area contributed by atoms with Crippen LogP contribution in [0.5, 0.6) is 0 Å². The first-order valence-corrected chi connectivity index (χ1v) is 7.86. The number of rotatable bonds is 7. The van der Waals surface area contributed by atoms with E-state index in [1.807, 2.05) is 62.6 Å². The van der Waals surface area contributed by atoms with Crippen molar-refractivity contribution in [2.75, 3.05) is 20.6 Å². The number of amides is 1. The molecule has 0 aliphatic heterocycles. The second-order valence-electron chi connectivity index (χ2n) is 5.93. The largest absolute Gasteiger partial charge is 0.353 e. The van der Waals surface area contributed by atoms with E-state index >= 15 is 0 Å². The molecule has 2 rings (SSSR count). The zero-order chi connectivity index (χ0) is 16.7. The maximum absolute atomic E-state index is 12.3. The Hall–Kier alpha value is -1.59. The van der Waals surface area contributed by atoms with Gasteiger partial charge in [-0.25, -0.2) is 0 Å². The van der Waals surface area contributed by atoms with Gasteiger partial charge in [0.2, 0.25) is 5.91 Å². The molecular formula is C19H27Cl2N3O. The van der Waals surface area contributed by atoms with Crippen LogP contribution in [0, 0.1) is 0 Å². The fourth-order valence-corrected chi connectivity index (χ4v) is 2.56. The minimum Gasteiger partial charge on any atom is -0.353 e. The quantitative estimate of drug-likeness (QED) is 0.772. The molecule has 0 heterocycles. The van der Waals surface area contributed by atoms with Crippen LogP contribution >= 0.6 is 24.8 Å². The van der Waals surface area contributed by atoms with Crippen LogP contribution in [-0.4, -0.2) is 37.5 Å². The van der Waals surface area contributed by atoms with E-state index in [9.17, 15) is 4.79 Å². The summed E-state index contributed by atoms with van der Waals surface area (Å²) >= 11 is 0. The molecule has 2 aromatic carbocycles. The number of nitrogens with one attached hydrogen (secondary N) is 1. The van der Waals surface area contributed by atoms with Crippen molar-refractivity contribution in [1.29, 1.82) is 0 Å². The summed E-state index contributed by atoms with van der Waals surface area (Å²) in [7, 11) is 4.02. The van der Waals surface area contributed by atoms with E-state index in [2.05, 4.69) is 22.3 Å². The second kappa shape index (κ2) is 11.9. The smallest absolute Gasteiger partial charge is 0.237 e. The number of likely N-dealkylation sites (N-methyl/N-ethyl adjacent to an activating group) is 1. The molecule has 0 saturated carbocycles. The maximum atomic E-state index is 12.3. The average Bonchev–Trinajstić information content (AvgIpc) is 2.56. The molecule has 3 N–H and O–H groups in total. The Bertz CT molecular complexity index is 609. The first-order chi connectivity index (χ1) is 11.1. The molecule has 138 valence electrons. The molecule has 0 fully saturated rings. The minimum absolute atomic E-state index is 0. The predicted molar refractivity (Wildman–Crippen MR) is 108 cm³/mol. The standard InChI is InChI=1S/C19H25N3O.2ClH/c1-22(2)18(16-11-7-4-8-12-16)14-21-19(23)17(20)13-15-9-5-3-6-10-15;;/h3-12,17-18H,13-14,20H2,1-2H3,(H,21,23);2*1H. The van der Waals surface area contributed by atoms with E-state index in [0.717, 1.165) is 5.56 Å². The van der Waals surface area contributed by atoms with E-state index in [-0.39, 0.29) is 36.8 Å². The highest BCUT2D eigenvalue weighted by Crippen LogP contribution is 2.16. The number of nitrogens with zero attached hydrogens (tertiary/aromatic N) is 1. The third-order valence-corrected chi connectivity index (χ3v) is 3.91. The lowest BCUT2D eigenvalue weighted by Crippen LogP contribution is -2.44. The van der Waals surface area contributed by atoms with E-state index in [0.29, 0.717) is 13.0 Å². The Morgan fingerprint density at radius 3 is 2.04 bits per heavy atom. The average molecular weight is 384 g/mol. The summed E-state index contributed by atoms with van der Waals surface area (Å²) in [5.74, 6) is -0.114. The molecule has 0 aromatic heterocycles. The van der Waals surface area contributed by atoms with Crippen LogP contribution in [0.1, 0.15) is 17.2 Å². The highest BCUT2D eigenvalue weighted by atomic mass is 35.5. The normalized spacial score (nSPS) is 12.5. The number of carbonyl (C=O) groups excluding carboxylic acids is 1. The third kappa shape index (κ3) is 7.45. The van der Waals surface area contributed by atoms with Gasteiger partial charge >= 0.3 is 0 Å². The molecule has 0 bridgehead atoms. The lowest BCUT2D eigenvalue weighted by molar-refractivity contribution is -0.122. The van der Waals surface area contributed by atoms with Crippen LogP contribution in [0.25, 0.3) is 0 Å². The van der Waals surface area contributed by atoms with Crippen LogP contribution < -0.4 is 11.1 Å². The number of carbonyl (C=O) groups is 1. The fourth-order valence-electron chi connectivity index (χ4n) is 2.56. The molecule has 1 amide bonds. The first-order valence-electron chi connectivity index (χ1n) is 7.86. The van der Waals surface area contributed by atoms with Gasteiger partial charge in [-0.2, -0.15) is 0 Å². The van der Waals surface area contributed by atoms with E-state index < -0.39 is 6.04 Å². The van der Waals surface area contributed by atoms with Crippen molar-refractivity contribution >= 4 is 30.7 Å².